The first-order chi connectivity index (χ1) is 7.16. The third-order valence-corrected chi connectivity index (χ3v) is 4.75. The summed E-state index contributed by atoms with van der Waals surface area (Å²) in [5.74, 6) is 2.81. The van der Waals surface area contributed by atoms with Gasteiger partial charge in [0.05, 0.1) is 10.0 Å². The second-order valence-electron chi connectivity index (χ2n) is 3.91. The quantitative estimate of drug-likeness (QED) is 0.885. The summed E-state index contributed by atoms with van der Waals surface area (Å²) in [5.41, 5.74) is 7.24. The van der Waals surface area contributed by atoms with E-state index < -0.39 is 0 Å². The van der Waals surface area contributed by atoms with Crippen LogP contribution in [0.2, 0.25) is 10.0 Å². The highest BCUT2D eigenvalue weighted by atomic mass is 35.5. The molecule has 1 fully saturated rings. The van der Waals surface area contributed by atoms with Gasteiger partial charge in [0, 0.05) is 11.8 Å². The third kappa shape index (κ3) is 2.82. The van der Waals surface area contributed by atoms with Crippen LogP contribution in [0.3, 0.4) is 0 Å². The molecule has 0 radical (unpaired) electrons. The fourth-order valence-corrected chi connectivity index (χ4v) is 3.46. The summed E-state index contributed by atoms with van der Waals surface area (Å²) in [6, 6.07) is 6.15. The molecule has 1 saturated heterocycles. The zero-order chi connectivity index (χ0) is 10.8. The number of thioether (sulfide) groups is 1. The lowest BCUT2D eigenvalue weighted by Gasteiger charge is -2.14. The van der Waals surface area contributed by atoms with Crippen molar-refractivity contribution in [2.75, 3.05) is 11.5 Å². The molecule has 4 heteroatoms. The molecule has 82 valence electrons. The van der Waals surface area contributed by atoms with E-state index in [2.05, 4.69) is 0 Å². The number of benzene rings is 1. The minimum absolute atomic E-state index is 0.324. The second kappa shape index (κ2) is 4.96. The van der Waals surface area contributed by atoms with Crippen molar-refractivity contribution >= 4 is 35.0 Å². The molecule has 0 aromatic heterocycles. The molecule has 15 heavy (non-hydrogen) atoms. The monoisotopic (exact) mass is 261 g/mol. The molecule has 0 aliphatic carbocycles. The molecular formula is C11H13Cl2NS. The van der Waals surface area contributed by atoms with Crippen molar-refractivity contribution in [2.24, 2.45) is 11.7 Å². The summed E-state index contributed by atoms with van der Waals surface area (Å²) in [6.07, 6.45) is 1.01. The summed E-state index contributed by atoms with van der Waals surface area (Å²) < 4.78 is 0. The topological polar surface area (TPSA) is 26.0 Å². The van der Waals surface area contributed by atoms with Crippen LogP contribution in [0.15, 0.2) is 18.2 Å². The summed E-state index contributed by atoms with van der Waals surface area (Å²) in [4.78, 5) is 0. The standard InChI is InChI=1S/C11H13Cl2NS/c12-9-2-1-7(4-10(9)13)3-8-5-15-6-11(8)14/h1-2,4,8,11H,3,5-6,14H2. The largest absolute Gasteiger partial charge is 0.327 e. The van der Waals surface area contributed by atoms with Crippen molar-refractivity contribution in [1.29, 1.82) is 0 Å². The van der Waals surface area contributed by atoms with Gasteiger partial charge in [0.25, 0.3) is 0 Å². The average Bonchev–Trinajstić information content (AvgIpc) is 2.59. The Morgan fingerprint density at radius 1 is 1.27 bits per heavy atom. The Morgan fingerprint density at radius 2 is 2.07 bits per heavy atom. The van der Waals surface area contributed by atoms with Crippen LogP contribution >= 0.6 is 35.0 Å². The summed E-state index contributed by atoms with van der Waals surface area (Å²) in [6.45, 7) is 0. The molecule has 2 N–H and O–H groups in total. The first-order valence-electron chi connectivity index (χ1n) is 4.94. The minimum atomic E-state index is 0.324. The maximum Gasteiger partial charge on any atom is 0.0595 e. The highest BCUT2D eigenvalue weighted by Gasteiger charge is 2.24. The summed E-state index contributed by atoms with van der Waals surface area (Å²) in [7, 11) is 0. The van der Waals surface area contributed by atoms with E-state index in [1.54, 1.807) is 0 Å². The zero-order valence-electron chi connectivity index (χ0n) is 8.25. The fraction of sp³-hybridized carbons (Fsp3) is 0.455. The Bertz CT molecular complexity index is 356. The van der Waals surface area contributed by atoms with E-state index in [-0.39, 0.29) is 0 Å². The maximum absolute atomic E-state index is 6.01. The van der Waals surface area contributed by atoms with Gasteiger partial charge in [-0.1, -0.05) is 29.3 Å². The Balaban J connectivity index is 2.07. The van der Waals surface area contributed by atoms with Gasteiger partial charge in [-0.15, -0.1) is 0 Å². The Hall–Kier alpha value is 0.110. The van der Waals surface area contributed by atoms with Gasteiger partial charge in [-0.05, 0) is 35.8 Å². The van der Waals surface area contributed by atoms with Crippen molar-refractivity contribution in [3.05, 3.63) is 33.8 Å². The van der Waals surface area contributed by atoms with E-state index in [1.807, 2.05) is 30.0 Å². The van der Waals surface area contributed by atoms with Crippen LogP contribution in [-0.4, -0.2) is 17.5 Å². The number of hydrogen-bond acceptors (Lipinski definition) is 2. The number of rotatable bonds is 2. The van der Waals surface area contributed by atoms with Gasteiger partial charge in [-0.25, -0.2) is 0 Å². The van der Waals surface area contributed by atoms with E-state index in [1.165, 1.54) is 5.56 Å². The van der Waals surface area contributed by atoms with E-state index in [4.69, 9.17) is 28.9 Å². The van der Waals surface area contributed by atoms with Crippen molar-refractivity contribution in [3.8, 4) is 0 Å². The SMILES string of the molecule is NC1CSCC1Cc1ccc(Cl)c(Cl)c1. The van der Waals surface area contributed by atoms with E-state index in [0.717, 1.165) is 17.9 Å². The fourth-order valence-electron chi connectivity index (χ4n) is 1.79. The lowest BCUT2D eigenvalue weighted by molar-refractivity contribution is 0.515. The molecule has 0 amide bonds. The van der Waals surface area contributed by atoms with Crippen LogP contribution in [-0.2, 0) is 6.42 Å². The maximum atomic E-state index is 6.01. The summed E-state index contributed by atoms with van der Waals surface area (Å²) in [5, 5.41) is 1.25. The molecule has 0 bridgehead atoms. The lowest BCUT2D eigenvalue weighted by atomic mass is 9.96. The van der Waals surface area contributed by atoms with Crippen molar-refractivity contribution in [3.63, 3.8) is 0 Å². The van der Waals surface area contributed by atoms with Gasteiger partial charge >= 0.3 is 0 Å². The first-order valence-corrected chi connectivity index (χ1v) is 6.85. The van der Waals surface area contributed by atoms with Crippen molar-refractivity contribution in [1.82, 2.24) is 0 Å². The molecule has 2 unspecified atom stereocenters. The molecule has 2 atom stereocenters. The van der Waals surface area contributed by atoms with Crippen LogP contribution in [0, 0.1) is 5.92 Å². The van der Waals surface area contributed by atoms with Crippen LogP contribution in [0.5, 0.6) is 0 Å². The number of hydrogen-bond donors (Lipinski definition) is 1. The zero-order valence-corrected chi connectivity index (χ0v) is 10.6. The van der Waals surface area contributed by atoms with Gasteiger partial charge in [0.2, 0.25) is 0 Å². The Labute approximate surface area is 104 Å². The lowest BCUT2D eigenvalue weighted by Crippen LogP contribution is -2.29. The smallest absolute Gasteiger partial charge is 0.0595 e. The predicted octanol–water partition coefficient (Wildman–Crippen LogP) is 3.23. The molecule has 1 heterocycles. The van der Waals surface area contributed by atoms with E-state index in [9.17, 15) is 0 Å². The Kier molecular flexibility index (Phi) is 3.83. The van der Waals surface area contributed by atoms with Gasteiger partial charge in [-0.3, -0.25) is 0 Å². The molecule has 1 nitrogen and oxygen atoms in total. The molecule has 1 aromatic carbocycles. The number of nitrogens with two attached hydrogens (primary N) is 1. The molecule has 1 aliphatic rings. The minimum Gasteiger partial charge on any atom is -0.327 e. The second-order valence-corrected chi connectivity index (χ2v) is 5.80. The van der Waals surface area contributed by atoms with Gasteiger partial charge < -0.3 is 5.73 Å². The van der Waals surface area contributed by atoms with Crippen molar-refractivity contribution < 1.29 is 0 Å². The van der Waals surface area contributed by atoms with Gasteiger partial charge in [-0.2, -0.15) is 11.8 Å². The molecular weight excluding hydrogens is 249 g/mol. The predicted molar refractivity (Wildman–Crippen MR) is 69.0 cm³/mol. The van der Waals surface area contributed by atoms with Gasteiger partial charge in [0.1, 0.15) is 0 Å². The highest BCUT2D eigenvalue weighted by molar-refractivity contribution is 7.99. The number of halogens is 2. The average molecular weight is 262 g/mol. The first kappa shape index (κ1) is 11.6. The summed E-state index contributed by atoms with van der Waals surface area (Å²) >= 11 is 13.8. The van der Waals surface area contributed by atoms with Crippen molar-refractivity contribution in [2.45, 2.75) is 12.5 Å². The van der Waals surface area contributed by atoms with Crippen LogP contribution in [0.1, 0.15) is 5.56 Å². The van der Waals surface area contributed by atoms with Crippen LogP contribution < -0.4 is 5.73 Å². The molecule has 0 spiro atoms. The van der Waals surface area contributed by atoms with Gasteiger partial charge in [0.15, 0.2) is 0 Å². The highest BCUT2D eigenvalue weighted by Crippen LogP contribution is 2.28. The van der Waals surface area contributed by atoms with Crippen LogP contribution in [0.4, 0.5) is 0 Å². The van der Waals surface area contributed by atoms with Crippen LogP contribution in [0.25, 0.3) is 0 Å². The molecule has 1 aliphatic heterocycles. The third-order valence-electron chi connectivity index (χ3n) is 2.73. The Morgan fingerprint density at radius 3 is 2.67 bits per heavy atom. The van der Waals surface area contributed by atoms with E-state index >= 15 is 0 Å². The molecule has 2 rings (SSSR count). The molecule has 0 saturated carbocycles. The molecule has 1 aromatic rings. The normalized spacial score (nSPS) is 25.8. The van der Waals surface area contributed by atoms with E-state index in [0.29, 0.717) is 22.0 Å².